The van der Waals surface area contributed by atoms with Gasteiger partial charge in [-0.15, -0.1) is 0 Å². The summed E-state index contributed by atoms with van der Waals surface area (Å²) in [5.41, 5.74) is 0.899. The Kier molecular flexibility index (Phi) is 7.49. The Bertz CT molecular complexity index is 1030. The summed E-state index contributed by atoms with van der Waals surface area (Å²) in [6, 6.07) is 20.4. The van der Waals surface area contributed by atoms with Crippen molar-refractivity contribution in [1.29, 1.82) is 0 Å². The maximum Gasteiger partial charge on any atom is 0.261 e. The van der Waals surface area contributed by atoms with Crippen LogP contribution in [0, 0.1) is 0 Å². The number of carbonyl (C=O) groups is 2. The molecular formula is C25H28N2O4. The summed E-state index contributed by atoms with van der Waals surface area (Å²) in [5, 5.41) is 4.77. The number of methoxy groups -OCH3 is 1. The third-order valence-electron chi connectivity index (χ3n) is 5.13. The number of fused-ring (bicyclic) bond motifs is 1. The Balaban J connectivity index is 1.78. The molecular weight excluding hydrogens is 392 g/mol. The molecule has 0 heterocycles. The van der Waals surface area contributed by atoms with E-state index in [1.54, 1.807) is 14.0 Å². The molecule has 3 aromatic carbocycles. The molecule has 0 unspecified atom stereocenters. The molecule has 2 amide bonds. The Labute approximate surface area is 182 Å². The quantitative estimate of drug-likeness (QED) is 0.572. The van der Waals surface area contributed by atoms with Gasteiger partial charge >= 0.3 is 0 Å². The normalized spacial score (nSPS) is 11.6. The van der Waals surface area contributed by atoms with Gasteiger partial charge in [-0.2, -0.15) is 0 Å². The summed E-state index contributed by atoms with van der Waals surface area (Å²) in [6.07, 6.45) is 0. The highest BCUT2D eigenvalue weighted by molar-refractivity contribution is 5.90. The highest BCUT2D eigenvalue weighted by atomic mass is 16.5. The van der Waals surface area contributed by atoms with Gasteiger partial charge in [-0.1, -0.05) is 48.5 Å². The Hall–Kier alpha value is -3.54. The number of likely N-dealkylation sites (N-methyl/N-ethyl adjacent to an activating group) is 1. The van der Waals surface area contributed by atoms with Crippen molar-refractivity contribution in [2.24, 2.45) is 0 Å². The van der Waals surface area contributed by atoms with E-state index >= 15 is 0 Å². The van der Waals surface area contributed by atoms with Gasteiger partial charge in [-0.3, -0.25) is 9.59 Å². The summed E-state index contributed by atoms with van der Waals surface area (Å²) in [5.74, 6) is 0.913. The van der Waals surface area contributed by atoms with Gasteiger partial charge in [0.25, 0.3) is 5.91 Å². The average Bonchev–Trinajstić information content (AvgIpc) is 2.81. The topological polar surface area (TPSA) is 67.9 Å². The van der Waals surface area contributed by atoms with E-state index in [0.29, 0.717) is 18.8 Å². The fraction of sp³-hybridized carbons (Fsp3) is 0.280. The first kappa shape index (κ1) is 22.2. The van der Waals surface area contributed by atoms with E-state index in [4.69, 9.17) is 9.47 Å². The Morgan fingerprint density at radius 1 is 1.00 bits per heavy atom. The van der Waals surface area contributed by atoms with Crippen LogP contribution in [0.5, 0.6) is 11.5 Å². The highest BCUT2D eigenvalue weighted by Crippen LogP contribution is 2.25. The first-order valence-electron chi connectivity index (χ1n) is 10.3. The zero-order valence-corrected chi connectivity index (χ0v) is 18.1. The number of ether oxygens (including phenoxy) is 2. The fourth-order valence-electron chi connectivity index (χ4n) is 3.38. The SMILES string of the molecule is CCNC(=O)[C@@H](C)N(Cc1ccc(OC)cc1)C(=O)COc1cccc2ccccc12. The number of hydrogen-bond acceptors (Lipinski definition) is 4. The van der Waals surface area contributed by atoms with E-state index in [2.05, 4.69) is 5.32 Å². The molecule has 0 aliphatic rings. The minimum absolute atomic E-state index is 0.159. The first-order chi connectivity index (χ1) is 15.0. The van der Waals surface area contributed by atoms with Gasteiger partial charge in [0.2, 0.25) is 5.91 Å². The van der Waals surface area contributed by atoms with Crippen molar-refractivity contribution >= 4 is 22.6 Å². The molecule has 3 aromatic rings. The molecule has 6 heteroatoms. The molecule has 0 fully saturated rings. The number of benzene rings is 3. The number of carbonyl (C=O) groups excluding carboxylic acids is 2. The van der Waals surface area contributed by atoms with Gasteiger partial charge in [0, 0.05) is 18.5 Å². The van der Waals surface area contributed by atoms with E-state index in [0.717, 1.165) is 22.1 Å². The molecule has 0 saturated carbocycles. The van der Waals surface area contributed by atoms with Crippen molar-refractivity contribution in [2.45, 2.75) is 26.4 Å². The molecule has 0 saturated heterocycles. The molecule has 0 bridgehead atoms. The van der Waals surface area contributed by atoms with Crippen LogP contribution in [0.2, 0.25) is 0 Å². The van der Waals surface area contributed by atoms with E-state index in [-0.39, 0.29) is 18.4 Å². The minimum Gasteiger partial charge on any atom is -0.497 e. The van der Waals surface area contributed by atoms with Gasteiger partial charge in [0.1, 0.15) is 17.5 Å². The molecule has 31 heavy (non-hydrogen) atoms. The minimum atomic E-state index is -0.634. The summed E-state index contributed by atoms with van der Waals surface area (Å²) < 4.78 is 11.1. The van der Waals surface area contributed by atoms with E-state index in [1.165, 1.54) is 4.90 Å². The number of nitrogens with zero attached hydrogens (tertiary/aromatic N) is 1. The monoisotopic (exact) mass is 420 g/mol. The van der Waals surface area contributed by atoms with Crippen LogP contribution in [0.4, 0.5) is 0 Å². The number of nitrogens with one attached hydrogen (secondary N) is 1. The number of hydrogen-bond donors (Lipinski definition) is 1. The predicted molar refractivity (Wildman–Crippen MR) is 121 cm³/mol. The lowest BCUT2D eigenvalue weighted by Crippen LogP contribution is -2.49. The van der Waals surface area contributed by atoms with Crippen molar-refractivity contribution in [2.75, 3.05) is 20.3 Å². The average molecular weight is 421 g/mol. The molecule has 1 N–H and O–H groups in total. The highest BCUT2D eigenvalue weighted by Gasteiger charge is 2.26. The van der Waals surface area contributed by atoms with Crippen LogP contribution in [0.15, 0.2) is 66.7 Å². The molecule has 0 aromatic heterocycles. The smallest absolute Gasteiger partial charge is 0.261 e. The van der Waals surface area contributed by atoms with E-state index < -0.39 is 6.04 Å². The number of amides is 2. The molecule has 0 aliphatic carbocycles. The van der Waals surface area contributed by atoms with Crippen LogP contribution in [0.25, 0.3) is 10.8 Å². The van der Waals surface area contributed by atoms with Crippen LogP contribution in [0.3, 0.4) is 0 Å². The predicted octanol–water partition coefficient (Wildman–Crippen LogP) is 3.78. The summed E-state index contributed by atoms with van der Waals surface area (Å²) in [4.78, 5) is 27.1. The Morgan fingerprint density at radius 3 is 2.42 bits per heavy atom. The van der Waals surface area contributed by atoms with Gasteiger partial charge in [0.15, 0.2) is 6.61 Å². The first-order valence-corrected chi connectivity index (χ1v) is 10.3. The second kappa shape index (κ2) is 10.5. The molecule has 1 atom stereocenters. The summed E-state index contributed by atoms with van der Waals surface area (Å²) in [6.45, 7) is 4.21. The molecule has 0 spiro atoms. The van der Waals surface area contributed by atoms with Crippen LogP contribution in [0.1, 0.15) is 19.4 Å². The zero-order chi connectivity index (χ0) is 22.2. The molecule has 6 nitrogen and oxygen atoms in total. The zero-order valence-electron chi connectivity index (χ0n) is 18.1. The summed E-state index contributed by atoms with van der Waals surface area (Å²) in [7, 11) is 1.60. The molecule has 162 valence electrons. The fourth-order valence-corrected chi connectivity index (χ4v) is 3.38. The van der Waals surface area contributed by atoms with Gasteiger partial charge in [-0.05, 0) is 43.0 Å². The molecule has 3 rings (SSSR count). The second-order valence-corrected chi connectivity index (χ2v) is 7.21. The van der Waals surface area contributed by atoms with Crippen molar-refractivity contribution in [3.63, 3.8) is 0 Å². The molecule has 0 aliphatic heterocycles. The molecule has 0 radical (unpaired) electrons. The van der Waals surface area contributed by atoms with Crippen LogP contribution in [-0.4, -0.2) is 43.0 Å². The largest absolute Gasteiger partial charge is 0.497 e. The van der Waals surface area contributed by atoms with Gasteiger partial charge in [0.05, 0.1) is 7.11 Å². The van der Waals surface area contributed by atoms with Crippen molar-refractivity contribution in [3.8, 4) is 11.5 Å². The lowest BCUT2D eigenvalue weighted by Gasteiger charge is -2.28. The van der Waals surface area contributed by atoms with Crippen molar-refractivity contribution in [1.82, 2.24) is 10.2 Å². The standard InChI is InChI=1S/C25H28N2O4/c1-4-26-25(29)18(2)27(16-19-12-14-21(30-3)15-13-19)24(28)17-31-23-11-7-9-20-8-5-6-10-22(20)23/h5-15,18H,4,16-17H2,1-3H3,(H,26,29)/t18-/m1/s1. The third-order valence-corrected chi connectivity index (χ3v) is 5.13. The lowest BCUT2D eigenvalue weighted by molar-refractivity contribution is -0.142. The maximum atomic E-state index is 13.1. The van der Waals surface area contributed by atoms with E-state index in [9.17, 15) is 9.59 Å². The maximum absolute atomic E-state index is 13.1. The van der Waals surface area contributed by atoms with E-state index in [1.807, 2.05) is 73.7 Å². The van der Waals surface area contributed by atoms with Crippen LogP contribution >= 0.6 is 0 Å². The second-order valence-electron chi connectivity index (χ2n) is 7.21. The number of rotatable bonds is 9. The third kappa shape index (κ3) is 5.54. The van der Waals surface area contributed by atoms with Crippen LogP contribution in [-0.2, 0) is 16.1 Å². The van der Waals surface area contributed by atoms with Crippen molar-refractivity contribution < 1.29 is 19.1 Å². The van der Waals surface area contributed by atoms with Crippen molar-refractivity contribution in [3.05, 3.63) is 72.3 Å². The Morgan fingerprint density at radius 2 is 1.71 bits per heavy atom. The van der Waals surface area contributed by atoms with Gasteiger partial charge < -0.3 is 19.7 Å². The summed E-state index contributed by atoms with van der Waals surface area (Å²) >= 11 is 0. The van der Waals surface area contributed by atoms with Gasteiger partial charge in [-0.25, -0.2) is 0 Å². The van der Waals surface area contributed by atoms with Crippen LogP contribution < -0.4 is 14.8 Å². The lowest BCUT2D eigenvalue weighted by atomic mass is 10.1.